The topological polar surface area (TPSA) is 83.8 Å². The lowest BCUT2D eigenvalue weighted by molar-refractivity contribution is 0.0949. The summed E-state index contributed by atoms with van der Waals surface area (Å²) in [5, 5.41) is 14.6. The Morgan fingerprint density at radius 2 is 1.97 bits per heavy atom. The van der Waals surface area contributed by atoms with Crippen molar-refractivity contribution in [2.45, 2.75) is 19.2 Å². The Balaban J connectivity index is 1.47. The molecule has 0 aliphatic heterocycles. The molecule has 0 radical (unpaired) electrons. The maximum absolute atomic E-state index is 13.1. The molecule has 188 valence electrons. The number of carbonyl (C=O) groups excluding carboxylic acids is 1. The molecule has 0 saturated carbocycles. The van der Waals surface area contributed by atoms with Crippen LogP contribution in [0, 0.1) is 0 Å². The van der Waals surface area contributed by atoms with E-state index in [0.29, 0.717) is 35.8 Å². The van der Waals surface area contributed by atoms with E-state index in [9.17, 15) is 14.7 Å². The highest BCUT2D eigenvalue weighted by Gasteiger charge is 2.18. The first-order valence-corrected chi connectivity index (χ1v) is 12.6. The van der Waals surface area contributed by atoms with E-state index in [0.717, 1.165) is 20.8 Å². The van der Waals surface area contributed by atoms with E-state index in [2.05, 4.69) is 5.32 Å². The van der Waals surface area contributed by atoms with Gasteiger partial charge >= 0.3 is 0 Å². The number of halogens is 1. The number of rotatable bonds is 9. The largest absolute Gasteiger partial charge is 0.497 e. The van der Waals surface area contributed by atoms with Crippen LogP contribution in [0.15, 0.2) is 65.6 Å². The van der Waals surface area contributed by atoms with Crippen molar-refractivity contribution in [2.24, 2.45) is 7.05 Å². The molecular formula is C27H28ClN3O4S. The van der Waals surface area contributed by atoms with Crippen molar-refractivity contribution in [3.8, 4) is 5.75 Å². The van der Waals surface area contributed by atoms with Crippen molar-refractivity contribution in [2.75, 3.05) is 20.7 Å². The van der Waals surface area contributed by atoms with Crippen LogP contribution in [0.5, 0.6) is 5.75 Å². The predicted molar refractivity (Wildman–Crippen MR) is 144 cm³/mol. The average molecular weight is 526 g/mol. The van der Waals surface area contributed by atoms with Crippen LogP contribution in [0.25, 0.3) is 10.2 Å². The van der Waals surface area contributed by atoms with Gasteiger partial charge in [0.15, 0.2) is 0 Å². The third kappa shape index (κ3) is 5.96. The van der Waals surface area contributed by atoms with E-state index in [1.807, 2.05) is 66.0 Å². The fourth-order valence-electron chi connectivity index (χ4n) is 4.01. The summed E-state index contributed by atoms with van der Waals surface area (Å²) in [6.45, 7) is 1.26. The molecular weight excluding hydrogens is 498 g/mol. The average Bonchev–Trinajstić information content (AvgIpc) is 3.30. The number of aryl methyl sites for hydroxylation is 1. The summed E-state index contributed by atoms with van der Waals surface area (Å²) in [7, 11) is 5.34. The number of aromatic nitrogens is 1. The first-order chi connectivity index (χ1) is 17.2. The Morgan fingerprint density at radius 3 is 2.69 bits per heavy atom. The number of nitrogens with zero attached hydrogens (tertiary/aromatic N) is 2. The summed E-state index contributed by atoms with van der Waals surface area (Å²) >= 11 is 7.41. The van der Waals surface area contributed by atoms with Gasteiger partial charge in [-0.15, -0.1) is 11.3 Å². The first-order valence-electron chi connectivity index (χ1n) is 11.4. The standard InChI is InChI=1S/C27H28ClN3O4S/c1-30(16-24(32)18-5-4-6-20(11-18)35-3)14-21-12-22-25(33)23(15-31(2)27(22)36-21)26(34)29-13-17-7-9-19(28)10-8-17/h4-12,15,24,32H,13-14,16H2,1-3H3,(H,29,34). The van der Waals surface area contributed by atoms with Gasteiger partial charge in [-0.05, 0) is 48.5 Å². The number of carbonyl (C=O) groups is 1. The van der Waals surface area contributed by atoms with E-state index >= 15 is 0 Å². The summed E-state index contributed by atoms with van der Waals surface area (Å²) in [6, 6.07) is 16.4. The summed E-state index contributed by atoms with van der Waals surface area (Å²) < 4.78 is 7.05. The minimum Gasteiger partial charge on any atom is -0.497 e. The van der Waals surface area contributed by atoms with Crippen LogP contribution in [-0.2, 0) is 20.1 Å². The second-order valence-electron chi connectivity index (χ2n) is 8.71. The molecule has 9 heteroatoms. The molecule has 36 heavy (non-hydrogen) atoms. The fourth-order valence-corrected chi connectivity index (χ4v) is 5.31. The van der Waals surface area contributed by atoms with Crippen molar-refractivity contribution in [1.29, 1.82) is 0 Å². The van der Waals surface area contributed by atoms with Gasteiger partial charge in [0.25, 0.3) is 5.91 Å². The number of hydrogen-bond acceptors (Lipinski definition) is 6. The molecule has 0 fully saturated rings. The van der Waals surface area contributed by atoms with Crippen molar-refractivity contribution in [3.05, 3.63) is 97.6 Å². The van der Waals surface area contributed by atoms with Crippen molar-refractivity contribution in [1.82, 2.24) is 14.8 Å². The molecule has 2 aromatic heterocycles. The number of benzene rings is 2. The molecule has 0 aliphatic carbocycles. The molecule has 4 rings (SSSR count). The van der Waals surface area contributed by atoms with Gasteiger partial charge < -0.3 is 19.7 Å². The Bertz CT molecular complexity index is 1430. The summed E-state index contributed by atoms with van der Waals surface area (Å²) in [5.74, 6) is 0.279. The molecule has 2 aromatic carbocycles. The minimum absolute atomic E-state index is 0.102. The van der Waals surface area contributed by atoms with E-state index in [1.165, 1.54) is 11.3 Å². The zero-order valence-corrected chi connectivity index (χ0v) is 21.9. The number of hydrogen-bond donors (Lipinski definition) is 2. The van der Waals surface area contributed by atoms with Crippen LogP contribution >= 0.6 is 22.9 Å². The lowest BCUT2D eigenvalue weighted by Crippen LogP contribution is -2.29. The van der Waals surface area contributed by atoms with E-state index in [1.54, 1.807) is 25.4 Å². The normalized spacial score (nSPS) is 12.2. The van der Waals surface area contributed by atoms with Gasteiger partial charge in [-0.1, -0.05) is 35.9 Å². The van der Waals surface area contributed by atoms with Gasteiger partial charge in [0.1, 0.15) is 16.1 Å². The molecule has 0 spiro atoms. The highest BCUT2D eigenvalue weighted by molar-refractivity contribution is 7.18. The Hall–Kier alpha value is -3.17. The Kier molecular flexibility index (Phi) is 8.11. The first kappa shape index (κ1) is 25.9. The molecule has 0 aliphatic rings. The SMILES string of the molecule is COc1cccc(C(O)CN(C)Cc2cc3c(=O)c(C(=O)NCc4ccc(Cl)cc4)cn(C)c3s2)c1. The van der Waals surface area contributed by atoms with E-state index in [4.69, 9.17) is 16.3 Å². The minimum atomic E-state index is -0.679. The highest BCUT2D eigenvalue weighted by atomic mass is 35.5. The molecule has 1 unspecified atom stereocenters. The van der Waals surface area contributed by atoms with Crippen LogP contribution < -0.4 is 15.5 Å². The summed E-state index contributed by atoms with van der Waals surface area (Å²) in [4.78, 5) is 29.7. The number of likely N-dealkylation sites (N-methyl/N-ethyl adjacent to an activating group) is 1. The van der Waals surface area contributed by atoms with Crippen LogP contribution in [0.4, 0.5) is 0 Å². The maximum atomic E-state index is 13.1. The van der Waals surface area contributed by atoms with Gasteiger partial charge in [0.05, 0.1) is 18.6 Å². The fraction of sp³-hybridized carbons (Fsp3) is 0.259. The second-order valence-corrected chi connectivity index (χ2v) is 10.3. The number of methoxy groups -OCH3 is 1. The molecule has 1 amide bonds. The second kappa shape index (κ2) is 11.3. The number of aliphatic hydroxyl groups excluding tert-OH is 1. The van der Waals surface area contributed by atoms with Crippen LogP contribution in [-0.4, -0.2) is 41.2 Å². The third-order valence-electron chi connectivity index (χ3n) is 5.90. The van der Waals surface area contributed by atoms with Crippen LogP contribution in [0.1, 0.15) is 32.5 Å². The van der Waals surface area contributed by atoms with Gasteiger partial charge in [-0.2, -0.15) is 0 Å². The molecule has 4 aromatic rings. The number of thiophene rings is 1. The molecule has 0 saturated heterocycles. The molecule has 0 bridgehead atoms. The van der Waals surface area contributed by atoms with Crippen LogP contribution in [0.2, 0.25) is 5.02 Å². The van der Waals surface area contributed by atoms with Gasteiger partial charge in [0.2, 0.25) is 5.43 Å². The molecule has 2 N–H and O–H groups in total. The smallest absolute Gasteiger partial charge is 0.257 e. The molecule has 1 atom stereocenters. The molecule has 7 nitrogen and oxygen atoms in total. The number of pyridine rings is 1. The third-order valence-corrected chi connectivity index (χ3v) is 7.36. The summed E-state index contributed by atoms with van der Waals surface area (Å²) in [6.07, 6.45) is 0.903. The number of fused-ring (bicyclic) bond motifs is 1. The monoisotopic (exact) mass is 525 g/mol. The zero-order valence-electron chi connectivity index (χ0n) is 20.3. The van der Waals surface area contributed by atoms with Crippen molar-refractivity contribution >= 4 is 39.1 Å². The van der Waals surface area contributed by atoms with Crippen molar-refractivity contribution in [3.63, 3.8) is 0 Å². The highest BCUT2D eigenvalue weighted by Crippen LogP contribution is 2.26. The van der Waals surface area contributed by atoms with Gasteiger partial charge in [0, 0.05) is 42.8 Å². The van der Waals surface area contributed by atoms with Gasteiger partial charge in [-0.25, -0.2) is 0 Å². The Morgan fingerprint density at radius 1 is 1.22 bits per heavy atom. The number of aliphatic hydroxyl groups is 1. The van der Waals surface area contributed by atoms with Gasteiger partial charge in [-0.3, -0.25) is 14.5 Å². The predicted octanol–water partition coefficient (Wildman–Crippen LogP) is 4.36. The van der Waals surface area contributed by atoms with E-state index in [-0.39, 0.29) is 11.0 Å². The lowest BCUT2D eigenvalue weighted by Gasteiger charge is -2.20. The number of ether oxygens (including phenoxy) is 1. The van der Waals surface area contributed by atoms with Crippen LogP contribution in [0.3, 0.4) is 0 Å². The quantitative estimate of drug-likeness (QED) is 0.339. The summed E-state index contributed by atoms with van der Waals surface area (Å²) in [5.41, 5.74) is 1.48. The number of nitrogens with one attached hydrogen (secondary N) is 1. The zero-order chi connectivity index (χ0) is 25.8. The lowest BCUT2D eigenvalue weighted by atomic mass is 10.1. The number of amides is 1. The molecule has 2 heterocycles. The van der Waals surface area contributed by atoms with Crippen molar-refractivity contribution < 1.29 is 14.6 Å². The van der Waals surface area contributed by atoms with E-state index < -0.39 is 12.0 Å². The Labute approximate surface area is 218 Å². The maximum Gasteiger partial charge on any atom is 0.257 e.